The van der Waals surface area contributed by atoms with Crippen LogP contribution in [0.1, 0.15) is 61.4 Å². The number of anilines is 2. The Hall–Kier alpha value is -2.61. The number of rotatable bonds is 7. The van der Waals surface area contributed by atoms with Gasteiger partial charge in [0.25, 0.3) is 0 Å². The zero-order valence-electron chi connectivity index (χ0n) is 18.9. The summed E-state index contributed by atoms with van der Waals surface area (Å²) in [6.45, 7) is 1.97. The molecule has 1 amide bonds. The first-order chi connectivity index (χ1) is 15.9. The van der Waals surface area contributed by atoms with Crippen LogP contribution in [0.25, 0.3) is 0 Å². The average molecular weight is 467 g/mol. The highest BCUT2D eigenvalue weighted by Gasteiger charge is 2.51. The highest BCUT2D eigenvalue weighted by molar-refractivity contribution is 7.99. The summed E-state index contributed by atoms with van der Waals surface area (Å²) in [6.07, 6.45) is 9.64. The van der Waals surface area contributed by atoms with Crippen LogP contribution >= 0.6 is 11.8 Å². The third kappa shape index (κ3) is 4.58. The number of carbonyl (C=O) groups excluding carboxylic acids is 2. The molecule has 4 fully saturated rings. The lowest BCUT2D eigenvalue weighted by Gasteiger charge is -2.57. The van der Waals surface area contributed by atoms with Crippen LogP contribution in [0.2, 0.25) is 0 Å². The molecule has 4 bridgehead atoms. The van der Waals surface area contributed by atoms with Gasteiger partial charge in [-0.3, -0.25) is 4.79 Å². The van der Waals surface area contributed by atoms with E-state index in [1.807, 2.05) is 12.1 Å². The number of ether oxygens (including phenoxy) is 1. The standard InChI is InChI=1S/C25H30N4O3S/c1-2-32-23(31)20-13-27-24(29-22(20)26)33-14-21(30)28-19-5-3-18(4-6-19)25-10-15-7-16(11-25)9-17(8-15)12-25/h3-6,13,15-17H,2,7-12,14H2,1H3,(H,28,30)(H2,26,27,29). The highest BCUT2D eigenvalue weighted by atomic mass is 32.2. The van der Waals surface area contributed by atoms with E-state index in [4.69, 9.17) is 10.5 Å². The van der Waals surface area contributed by atoms with Crippen LogP contribution < -0.4 is 11.1 Å². The van der Waals surface area contributed by atoms with Crippen molar-refractivity contribution in [3.63, 3.8) is 0 Å². The first-order valence-corrected chi connectivity index (χ1v) is 12.8. The fourth-order valence-electron chi connectivity index (χ4n) is 6.51. The molecular weight excluding hydrogens is 436 g/mol. The van der Waals surface area contributed by atoms with Gasteiger partial charge in [-0.15, -0.1) is 0 Å². The Morgan fingerprint density at radius 1 is 1.12 bits per heavy atom. The van der Waals surface area contributed by atoms with Crippen molar-refractivity contribution in [3.8, 4) is 0 Å². The molecule has 2 aromatic rings. The van der Waals surface area contributed by atoms with E-state index in [-0.39, 0.29) is 29.6 Å². The maximum Gasteiger partial charge on any atom is 0.343 e. The lowest BCUT2D eigenvalue weighted by atomic mass is 9.48. The summed E-state index contributed by atoms with van der Waals surface area (Å²) < 4.78 is 4.92. The quantitative estimate of drug-likeness (QED) is 0.353. The van der Waals surface area contributed by atoms with Crippen LogP contribution in [-0.2, 0) is 14.9 Å². The lowest BCUT2D eigenvalue weighted by molar-refractivity contribution is -0.113. The predicted octanol–water partition coefficient (Wildman–Crippen LogP) is 4.43. The minimum absolute atomic E-state index is 0.0478. The van der Waals surface area contributed by atoms with E-state index in [2.05, 4.69) is 27.4 Å². The van der Waals surface area contributed by atoms with E-state index in [0.29, 0.717) is 10.6 Å². The maximum atomic E-state index is 12.4. The molecule has 4 saturated carbocycles. The SMILES string of the molecule is CCOC(=O)c1cnc(SCC(=O)Nc2ccc(C34CC5CC(CC(C5)C3)C4)cc2)nc1N. The van der Waals surface area contributed by atoms with Crippen molar-refractivity contribution in [2.24, 2.45) is 17.8 Å². The van der Waals surface area contributed by atoms with E-state index in [1.54, 1.807) is 6.92 Å². The van der Waals surface area contributed by atoms with Crippen LogP contribution in [0.15, 0.2) is 35.6 Å². The number of nitrogens with zero attached hydrogens (tertiary/aromatic N) is 2. The van der Waals surface area contributed by atoms with Crippen LogP contribution in [0.4, 0.5) is 11.5 Å². The first kappa shape index (κ1) is 22.2. The predicted molar refractivity (Wildman–Crippen MR) is 128 cm³/mol. The number of benzene rings is 1. The number of nitrogen functional groups attached to an aromatic ring is 1. The van der Waals surface area contributed by atoms with Crippen molar-refractivity contribution < 1.29 is 14.3 Å². The van der Waals surface area contributed by atoms with Crippen LogP contribution in [0, 0.1) is 17.8 Å². The summed E-state index contributed by atoms with van der Waals surface area (Å²) in [6, 6.07) is 8.49. The zero-order valence-corrected chi connectivity index (χ0v) is 19.7. The molecule has 4 aliphatic carbocycles. The zero-order chi connectivity index (χ0) is 23.0. The van der Waals surface area contributed by atoms with E-state index in [0.717, 1.165) is 23.4 Å². The topological polar surface area (TPSA) is 107 Å². The second kappa shape index (κ2) is 8.97. The second-order valence-electron chi connectivity index (χ2n) is 9.78. The van der Waals surface area contributed by atoms with E-state index in [1.165, 1.54) is 62.0 Å². The summed E-state index contributed by atoms with van der Waals surface area (Å²) in [5.74, 6) is 2.24. The molecule has 3 N–H and O–H groups in total. The number of nitrogens with two attached hydrogens (primary N) is 1. The minimum Gasteiger partial charge on any atom is -0.462 e. The Labute approximate surface area is 198 Å². The van der Waals surface area contributed by atoms with Crippen molar-refractivity contribution in [1.29, 1.82) is 0 Å². The third-order valence-electron chi connectivity index (χ3n) is 7.44. The number of nitrogens with one attached hydrogen (secondary N) is 1. The summed E-state index contributed by atoms with van der Waals surface area (Å²) in [7, 11) is 0. The van der Waals surface area contributed by atoms with E-state index >= 15 is 0 Å². The molecule has 0 saturated heterocycles. The molecule has 0 spiro atoms. The summed E-state index contributed by atoms with van der Waals surface area (Å²) >= 11 is 1.17. The molecule has 6 rings (SSSR count). The van der Waals surface area contributed by atoms with Gasteiger partial charge in [0.2, 0.25) is 5.91 Å². The summed E-state index contributed by atoms with van der Waals surface area (Å²) in [5.41, 5.74) is 8.57. The fourth-order valence-corrected chi connectivity index (χ4v) is 7.13. The number of thioether (sulfide) groups is 1. The van der Waals surface area contributed by atoms with Gasteiger partial charge in [0.1, 0.15) is 11.4 Å². The van der Waals surface area contributed by atoms with Crippen molar-refractivity contribution >= 4 is 35.1 Å². The Kier molecular flexibility index (Phi) is 6.03. The van der Waals surface area contributed by atoms with Crippen LogP contribution in [0.5, 0.6) is 0 Å². The number of hydrogen-bond donors (Lipinski definition) is 2. The van der Waals surface area contributed by atoms with E-state index < -0.39 is 5.97 Å². The van der Waals surface area contributed by atoms with Gasteiger partial charge in [-0.05, 0) is 86.3 Å². The average Bonchev–Trinajstić information content (AvgIpc) is 2.77. The number of carbonyl (C=O) groups is 2. The molecule has 4 aliphatic rings. The molecule has 0 unspecified atom stereocenters. The van der Waals surface area contributed by atoms with Crippen LogP contribution in [-0.4, -0.2) is 34.2 Å². The Balaban J connectivity index is 1.17. The van der Waals surface area contributed by atoms with Gasteiger partial charge in [0.05, 0.1) is 12.4 Å². The molecule has 0 radical (unpaired) electrons. The van der Waals surface area contributed by atoms with Crippen LogP contribution in [0.3, 0.4) is 0 Å². The van der Waals surface area contributed by atoms with Crippen molar-refractivity contribution in [1.82, 2.24) is 9.97 Å². The number of aromatic nitrogens is 2. The van der Waals surface area contributed by atoms with Crippen molar-refractivity contribution in [2.45, 2.75) is 56.0 Å². The highest BCUT2D eigenvalue weighted by Crippen LogP contribution is 2.60. The molecule has 0 aliphatic heterocycles. The molecule has 1 heterocycles. The number of amides is 1. The van der Waals surface area contributed by atoms with Gasteiger partial charge >= 0.3 is 5.97 Å². The molecule has 0 atom stereocenters. The molecular formula is C25H30N4O3S. The second-order valence-corrected chi connectivity index (χ2v) is 10.7. The normalized spacial score (nSPS) is 27.4. The van der Waals surface area contributed by atoms with E-state index in [9.17, 15) is 9.59 Å². The third-order valence-corrected chi connectivity index (χ3v) is 8.30. The number of esters is 1. The number of hydrogen-bond acceptors (Lipinski definition) is 7. The molecule has 1 aromatic heterocycles. The smallest absolute Gasteiger partial charge is 0.343 e. The lowest BCUT2D eigenvalue weighted by Crippen LogP contribution is -2.48. The Morgan fingerprint density at radius 3 is 2.33 bits per heavy atom. The van der Waals surface area contributed by atoms with Gasteiger partial charge in [0.15, 0.2) is 5.16 Å². The summed E-state index contributed by atoms with van der Waals surface area (Å²) in [5, 5.41) is 3.29. The van der Waals surface area contributed by atoms with Crippen molar-refractivity contribution in [2.75, 3.05) is 23.4 Å². The Bertz CT molecular complexity index is 1020. The fraction of sp³-hybridized carbons (Fsp3) is 0.520. The molecule has 174 valence electrons. The van der Waals surface area contributed by atoms with Gasteiger partial charge in [-0.25, -0.2) is 14.8 Å². The monoisotopic (exact) mass is 466 g/mol. The largest absolute Gasteiger partial charge is 0.462 e. The van der Waals surface area contributed by atoms with Gasteiger partial charge in [-0.2, -0.15) is 0 Å². The minimum atomic E-state index is -0.554. The maximum absolute atomic E-state index is 12.4. The molecule has 7 nitrogen and oxygen atoms in total. The molecule has 8 heteroatoms. The first-order valence-electron chi connectivity index (χ1n) is 11.8. The molecule has 1 aromatic carbocycles. The van der Waals surface area contributed by atoms with Gasteiger partial charge < -0.3 is 15.8 Å². The Morgan fingerprint density at radius 2 is 1.76 bits per heavy atom. The molecule has 33 heavy (non-hydrogen) atoms. The van der Waals surface area contributed by atoms with Crippen molar-refractivity contribution in [3.05, 3.63) is 41.6 Å². The van der Waals surface area contributed by atoms with Gasteiger partial charge in [-0.1, -0.05) is 23.9 Å². The summed E-state index contributed by atoms with van der Waals surface area (Å²) in [4.78, 5) is 32.5. The van der Waals surface area contributed by atoms with Gasteiger partial charge in [0, 0.05) is 11.9 Å².